The lowest BCUT2D eigenvalue weighted by Gasteiger charge is -2.41. The van der Waals surface area contributed by atoms with Crippen molar-refractivity contribution in [2.24, 2.45) is 0 Å². The normalized spacial score (nSPS) is 27.5. The highest BCUT2D eigenvalue weighted by Crippen LogP contribution is 2.41. The van der Waals surface area contributed by atoms with Gasteiger partial charge >= 0.3 is 0 Å². The Labute approximate surface area is 127 Å². The van der Waals surface area contributed by atoms with Crippen molar-refractivity contribution >= 4 is 5.91 Å². The van der Waals surface area contributed by atoms with E-state index in [0.717, 1.165) is 24.1 Å². The first-order valence-corrected chi connectivity index (χ1v) is 7.57. The first-order chi connectivity index (χ1) is 10.6. The van der Waals surface area contributed by atoms with Crippen LogP contribution >= 0.6 is 0 Å². The van der Waals surface area contributed by atoms with Crippen LogP contribution in [-0.2, 0) is 0 Å². The second-order valence-corrected chi connectivity index (χ2v) is 6.26. The third-order valence-electron chi connectivity index (χ3n) is 4.46. The molecule has 2 fully saturated rings. The molecule has 2 heterocycles. The molecule has 116 valence electrons. The fourth-order valence-corrected chi connectivity index (χ4v) is 3.02. The van der Waals surface area contributed by atoms with Crippen molar-refractivity contribution in [3.63, 3.8) is 0 Å². The first-order valence-electron chi connectivity index (χ1n) is 7.57. The largest absolute Gasteiger partial charge is 0.391 e. The zero-order valence-electron chi connectivity index (χ0n) is 12.3. The van der Waals surface area contributed by atoms with Crippen LogP contribution in [0, 0.1) is 6.92 Å². The number of hydrogen-bond donors (Lipinski definition) is 2. The van der Waals surface area contributed by atoms with E-state index < -0.39 is 6.10 Å². The summed E-state index contributed by atoms with van der Waals surface area (Å²) in [5, 5.41) is 21.1. The highest BCUT2D eigenvalue weighted by molar-refractivity contribution is 5.95. The van der Waals surface area contributed by atoms with Crippen LogP contribution in [0.5, 0.6) is 0 Å². The van der Waals surface area contributed by atoms with Crippen LogP contribution in [0.25, 0.3) is 0 Å². The van der Waals surface area contributed by atoms with E-state index in [4.69, 9.17) is 4.52 Å². The average Bonchev–Trinajstić information content (AvgIpc) is 3.05. The summed E-state index contributed by atoms with van der Waals surface area (Å²) in [4.78, 5) is 12.4. The molecule has 0 aliphatic heterocycles. The van der Waals surface area contributed by atoms with E-state index in [2.05, 4.69) is 15.6 Å². The van der Waals surface area contributed by atoms with Gasteiger partial charge in [-0.1, -0.05) is 5.16 Å². The number of carbonyl (C=O) groups excluding carboxylic acids is 1. The van der Waals surface area contributed by atoms with Gasteiger partial charge in [0.1, 0.15) is 11.8 Å². The molecule has 7 heteroatoms. The van der Waals surface area contributed by atoms with Gasteiger partial charge in [-0.15, -0.1) is 0 Å². The molecular formula is C15H18N4O3. The van der Waals surface area contributed by atoms with Gasteiger partial charge in [0.05, 0.1) is 30.1 Å². The lowest BCUT2D eigenvalue weighted by atomic mass is 9.83. The van der Waals surface area contributed by atoms with Crippen molar-refractivity contribution in [1.82, 2.24) is 20.3 Å². The number of nitrogens with zero attached hydrogens (tertiary/aromatic N) is 3. The molecule has 2 N–H and O–H groups in total. The number of hydrogen-bond acceptors (Lipinski definition) is 5. The van der Waals surface area contributed by atoms with Gasteiger partial charge < -0.3 is 14.9 Å². The minimum Gasteiger partial charge on any atom is -0.391 e. The molecular weight excluding hydrogens is 284 g/mol. The van der Waals surface area contributed by atoms with Crippen LogP contribution in [0.1, 0.15) is 52.8 Å². The summed E-state index contributed by atoms with van der Waals surface area (Å²) in [5.74, 6) is 0.171. The van der Waals surface area contributed by atoms with Crippen molar-refractivity contribution in [2.45, 2.75) is 50.3 Å². The van der Waals surface area contributed by atoms with Crippen molar-refractivity contribution in [2.75, 3.05) is 0 Å². The smallest absolute Gasteiger partial charge is 0.256 e. The van der Waals surface area contributed by atoms with E-state index in [1.165, 1.54) is 6.26 Å². The third kappa shape index (κ3) is 2.21. The molecule has 0 aromatic carbocycles. The maximum atomic E-state index is 12.4. The molecule has 0 bridgehead atoms. The predicted octanol–water partition coefficient (Wildman–Crippen LogP) is 1.16. The molecule has 7 nitrogen and oxygen atoms in total. The fraction of sp³-hybridized carbons (Fsp3) is 0.533. The summed E-state index contributed by atoms with van der Waals surface area (Å²) >= 11 is 0. The molecule has 2 aliphatic rings. The number of aryl methyl sites for hydroxylation is 1. The molecule has 2 aliphatic carbocycles. The number of rotatable bonds is 4. The van der Waals surface area contributed by atoms with Gasteiger partial charge in [-0.25, -0.2) is 0 Å². The van der Waals surface area contributed by atoms with Gasteiger partial charge in [-0.05, 0) is 31.7 Å². The maximum Gasteiger partial charge on any atom is 0.256 e. The summed E-state index contributed by atoms with van der Waals surface area (Å²) in [6, 6.07) is -0.356. The average molecular weight is 302 g/mol. The summed E-state index contributed by atoms with van der Waals surface area (Å²) in [6.45, 7) is 1.95. The Kier molecular flexibility index (Phi) is 3.04. The molecule has 0 radical (unpaired) electrons. The zero-order valence-corrected chi connectivity index (χ0v) is 12.3. The summed E-state index contributed by atoms with van der Waals surface area (Å²) in [7, 11) is 0. The summed E-state index contributed by atoms with van der Waals surface area (Å²) in [6.07, 6.45) is 7.18. The van der Waals surface area contributed by atoms with Crippen LogP contribution in [-0.4, -0.2) is 38.1 Å². The maximum absolute atomic E-state index is 12.4. The molecule has 1 amide bonds. The van der Waals surface area contributed by atoms with Crippen LogP contribution in [0.4, 0.5) is 0 Å². The van der Waals surface area contributed by atoms with Crippen LogP contribution in [0.2, 0.25) is 0 Å². The van der Waals surface area contributed by atoms with E-state index in [0.29, 0.717) is 17.9 Å². The molecule has 22 heavy (non-hydrogen) atoms. The van der Waals surface area contributed by atoms with Crippen LogP contribution in [0.15, 0.2) is 23.2 Å². The Hall–Kier alpha value is -2.15. The molecule has 4 rings (SSSR count). The number of aliphatic hydroxyl groups excluding tert-OH is 1. The Balaban J connectivity index is 1.48. The standard InChI is InChI=1S/C15H18N4O3/c1-8-5-16-19(6-8)14-11(4-12(14)20)17-15(21)10-7-22-18-13(10)9-2-3-9/h5-7,9,11-12,14,20H,2-4H2,1H3,(H,17,21)/t11-,12+,14+/m0/s1. The number of aromatic nitrogens is 3. The van der Waals surface area contributed by atoms with Crippen LogP contribution < -0.4 is 5.32 Å². The molecule has 3 atom stereocenters. The van der Waals surface area contributed by atoms with Crippen LogP contribution in [0.3, 0.4) is 0 Å². The third-order valence-corrected chi connectivity index (χ3v) is 4.46. The van der Waals surface area contributed by atoms with Gasteiger partial charge in [-0.3, -0.25) is 9.48 Å². The molecule has 0 saturated heterocycles. The van der Waals surface area contributed by atoms with Gasteiger partial charge in [0.2, 0.25) is 0 Å². The zero-order chi connectivity index (χ0) is 15.3. The van der Waals surface area contributed by atoms with Gasteiger partial charge in [-0.2, -0.15) is 5.10 Å². The van der Waals surface area contributed by atoms with Crippen molar-refractivity contribution in [3.8, 4) is 0 Å². The van der Waals surface area contributed by atoms with Crippen molar-refractivity contribution < 1.29 is 14.4 Å². The van der Waals surface area contributed by atoms with Gasteiger partial charge in [0, 0.05) is 12.1 Å². The Morgan fingerprint density at radius 2 is 2.32 bits per heavy atom. The molecule has 2 aromatic heterocycles. The first kappa shape index (κ1) is 13.5. The molecule has 2 saturated carbocycles. The minimum atomic E-state index is -0.491. The molecule has 0 unspecified atom stereocenters. The number of nitrogens with one attached hydrogen (secondary N) is 1. The molecule has 0 spiro atoms. The van der Waals surface area contributed by atoms with Gasteiger partial charge in [0.25, 0.3) is 5.91 Å². The van der Waals surface area contributed by atoms with E-state index in [1.54, 1.807) is 10.9 Å². The van der Waals surface area contributed by atoms with E-state index in [1.807, 2.05) is 13.1 Å². The van der Waals surface area contributed by atoms with E-state index in [-0.39, 0.29) is 18.0 Å². The topological polar surface area (TPSA) is 93.2 Å². The Morgan fingerprint density at radius 1 is 1.50 bits per heavy atom. The lowest BCUT2D eigenvalue weighted by Crippen LogP contribution is -2.56. The number of aliphatic hydroxyl groups is 1. The predicted molar refractivity (Wildman–Crippen MR) is 76.4 cm³/mol. The van der Waals surface area contributed by atoms with Crippen molar-refractivity contribution in [3.05, 3.63) is 35.5 Å². The Bertz CT molecular complexity index is 703. The molecule has 2 aromatic rings. The van der Waals surface area contributed by atoms with E-state index >= 15 is 0 Å². The van der Waals surface area contributed by atoms with E-state index in [9.17, 15) is 9.90 Å². The lowest BCUT2D eigenvalue weighted by molar-refractivity contribution is -0.00591. The highest BCUT2D eigenvalue weighted by Gasteiger charge is 2.43. The quantitative estimate of drug-likeness (QED) is 0.884. The second kappa shape index (κ2) is 4.95. The SMILES string of the molecule is Cc1cnn([C@H]2[C@H](O)C[C@@H]2NC(=O)c2conc2C2CC2)c1. The number of amides is 1. The second-order valence-electron chi connectivity index (χ2n) is 6.26. The highest BCUT2D eigenvalue weighted by atomic mass is 16.5. The monoisotopic (exact) mass is 302 g/mol. The minimum absolute atomic E-state index is 0.135. The number of carbonyl (C=O) groups is 1. The Morgan fingerprint density at radius 3 is 2.95 bits per heavy atom. The van der Waals surface area contributed by atoms with Gasteiger partial charge in [0.15, 0.2) is 0 Å². The summed E-state index contributed by atoms with van der Waals surface area (Å²) < 4.78 is 6.69. The van der Waals surface area contributed by atoms with Crippen molar-refractivity contribution in [1.29, 1.82) is 0 Å². The summed E-state index contributed by atoms with van der Waals surface area (Å²) in [5.41, 5.74) is 2.29. The fourth-order valence-electron chi connectivity index (χ4n) is 3.02.